The molecule has 1 heterocycles. The highest BCUT2D eigenvalue weighted by Gasteiger charge is 2.31. The van der Waals surface area contributed by atoms with Crippen molar-refractivity contribution in [3.8, 4) is 5.75 Å². The van der Waals surface area contributed by atoms with Crippen LogP contribution in [0.25, 0.3) is 0 Å². The van der Waals surface area contributed by atoms with Gasteiger partial charge in [-0.05, 0) is 19.1 Å². The van der Waals surface area contributed by atoms with Crippen LogP contribution in [0.15, 0.2) is 24.3 Å². The van der Waals surface area contributed by atoms with Crippen molar-refractivity contribution in [3.63, 3.8) is 0 Å². The van der Waals surface area contributed by atoms with E-state index in [9.17, 15) is 9.59 Å². The van der Waals surface area contributed by atoms with Crippen molar-refractivity contribution in [2.75, 3.05) is 24.7 Å². The van der Waals surface area contributed by atoms with Gasteiger partial charge in [-0.3, -0.25) is 4.79 Å². The molecule has 1 N–H and O–H groups in total. The van der Waals surface area contributed by atoms with Crippen molar-refractivity contribution in [2.24, 2.45) is 0 Å². The first-order valence-electron chi connectivity index (χ1n) is 6.87. The summed E-state index contributed by atoms with van der Waals surface area (Å²) in [6.45, 7) is 2.75. The number of carbonyl (C=O) groups is 2. The van der Waals surface area contributed by atoms with Gasteiger partial charge in [0.15, 0.2) is 0 Å². The maximum Gasteiger partial charge on any atom is 0.327 e. The Balaban J connectivity index is 1.83. The van der Waals surface area contributed by atoms with Crippen LogP contribution in [0.5, 0.6) is 5.75 Å². The predicted molar refractivity (Wildman–Crippen MR) is 81.8 cm³/mol. The summed E-state index contributed by atoms with van der Waals surface area (Å²) in [6, 6.07) is 6.89. The van der Waals surface area contributed by atoms with Gasteiger partial charge in [0.2, 0.25) is 5.91 Å². The molecule has 1 fully saturated rings. The minimum absolute atomic E-state index is 0.158. The van der Waals surface area contributed by atoms with Crippen molar-refractivity contribution in [1.29, 1.82) is 0 Å². The van der Waals surface area contributed by atoms with Crippen LogP contribution in [-0.4, -0.2) is 52.6 Å². The molecule has 1 aliphatic heterocycles. The second-order valence-corrected chi connectivity index (χ2v) is 6.08. The lowest BCUT2D eigenvalue weighted by atomic mass is 10.2. The summed E-state index contributed by atoms with van der Waals surface area (Å²) in [5, 5.41) is 9.15. The number of ether oxygens (including phenoxy) is 1. The second kappa shape index (κ2) is 7.36. The van der Waals surface area contributed by atoms with E-state index in [2.05, 4.69) is 0 Å². The molecule has 1 amide bonds. The van der Waals surface area contributed by atoms with E-state index < -0.39 is 12.0 Å². The molecule has 5 nitrogen and oxygen atoms in total. The maximum atomic E-state index is 12.1. The Kier molecular flexibility index (Phi) is 5.50. The minimum atomic E-state index is -0.935. The van der Waals surface area contributed by atoms with E-state index in [0.717, 1.165) is 17.1 Å². The molecule has 2 rings (SSSR count). The number of rotatable bonds is 5. The standard InChI is InChI=1S/C15H19NO4S/c1-11-2-4-12(5-3-11)20-8-6-14(17)16-7-9-21-10-13(16)15(18)19/h2-5,13H,6-10H2,1H3,(H,18,19). The van der Waals surface area contributed by atoms with Gasteiger partial charge in [0.25, 0.3) is 0 Å². The first-order valence-corrected chi connectivity index (χ1v) is 8.03. The van der Waals surface area contributed by atoms with Gasteiger partial charge in [0.05, 0.1) is 13.0 Å². The number of carboxylic acids is 1. The minimum Gasteiger partial charge on any atom is -0.493 e. The average molecular weight is 309 g/mol. The number of thioether (sulfide) groups is 1. The number of carbonyl (C=O) groups excluding carboxylic acids is 1. The Morgan fingerprint density at radius 1 is 1.38 bits per heavy atom. The fourth-order valence-corrected chi connectivity index (χ4v) is 3.18. The highest BCUT2D eigenvalue weighted by atomic mass is 32.2. The number of hydrogen-bond donors (Lipinski definition) is 1. The summed E-state index contributed by atoms with van der Waals surface area (Å²) in [7, 11) is 0. The Bertz CT molecular complexity index is 503. The average Bonchev–Trinajstić information content (AvgIpc) is 2.49. The summed E-state index contributed by atoms with van der Waals surface area (Å²) < 4.78 is 5.52. The number of hydrogen-bond acceptors (Lipinski definition) is 4. The number of benzene rings is 1. The third-order valence-corrected chi connectivity index (χ3v) is 4.36. The predicted octanol–water partition coefficient (Wildman–Crippen LogP) is 1.79. The fraction of sp³-hybridized carbons (Fsp3) is 0.467. The molecule has 0 bridgehead atoms. The zero-order chi connectivity index (χ0) is 15.2. The van der Waals surface area contributed by atoms with Crippen LogP contribution in [0.3, 0.4) is 0 Å². The van der Waals surface area contributed by atoms with E-state index in [-0.39, 0.29) is 18.9 Å². The van der Waals surface area contributed by atoms with Crippen molar-refractivity contribution in [1.82, 2.24) is 4.90 Å². The first-order chi connectivity index (χ1) is 10.1. The zero-order valence-corrected chi connectivity index (χ0v) is 12.8. The highest BCUT2D eigenvalue weighted by molar-refractivity contribution is 7.99. The summed E-state index contributed by atoms with van der Waals surface area (Å²) in [6.07, 6.45) is 0.197. The number of nitrogens with zero attached hydrogens (tertiary/aromatic N) is 1. The van der Waals surface area contributed by atoms with Gasteiger partial charge >= 0.3 is 5.97 Å². The van der Waals surface area contributed by atoms with Gasteiger partial charge in [-0.2, -0.15) is 11.8 Å². The lowest BCUT2D eigenvalue weighted by Crippen LogP contribution is -2.50. The topological polar surface area (TPSA) is 66.8 Å². The van der Waals surface area contributed by atoms with Crippen LogP contribution < -0.4 is 4.74 Å². The molecule has 0 saturated carbocycles. The fourth-order valence-electron chi connectivity index (χ4n) is 2.14. The highest BCUT2D eigenvalue weighted by Crippen LogP contribution is 2.18. The Morgan fingerprint density at radius 3 is 2.76 bits per heavy atom. The Morgan fingerprint density at radius 2 is 2.10 bits per heavy atom. The molecule has 21 heavy (non-hydrogen) atoms. The molecule has 114 valence electrons. The van der Waals surface area contributed by atoms with Crippen LogP contribution in [0, 0.1) is 6.92 Å². The number of amides is 1. The summed E-state index contributed by atoms with van der Waals surface area (Å²) in [5.74, 6) is 0.871. The molecule has 0 spiro atoms. The lowest BCUT2D eigenvalue weighted by Gasteiger charge is -2.32. The maximum absolute atomic E-state index is 12.1. The molecule has 6 heteroatoms. The summed E-state index contributed by atoms with van der Waals surface area (Å²) >= 11 is 1.57. The van der Waals surface area contributed by atoms with Crippen LogP contribution in [0.4, 0.5) is 0 Å². The molecule has 1 atom stereocenters. The molecule has 1 saturated heterocycles. The van der Waals surface area contributed by atoms with Crippen molar-refractivity contribution in [3.05, 3.63) is 29.8 Å². The van der Waals surface area contributed by atoms with E-state index in [1.165, 1.54) is 4.90 Å². The van der Waals surface area contributed by atoms with Gasteiger partial charge in [-0.25, -0.2) is 4.79 Å². The largest absolute Gasteiger partial charge is 0.493 e. The monoisotopic (exact) mass is 309 g/mol. The van der Waals surface area contributed by atoms with Crippen LogP contribution in [0.1, 0.15) is 12.0 Å². The van der Waals surface area contributed by atoms with Crippen molar-refractivity contribution in [2.45, 2.75) is 19.4 Å². The van der Waals surface area contributed by atoms with E-state index in [4.69, 9.17) is 9.84 Å². The van der Waals surface area contributed by atoms with Crippen molar-refractivity contribution >= 4 is 23.6 Å². The Labute approximate surface area is 128 Å². The Hall–Kier alpha value is -1.69. The lowest BCUT2D eigenvalue weighted by molar-refractivity contribution is -0.149. The number of carboxylic acid groups (broad SMARTS) is 1. The van der Waals surface area contributed by atoms with Crippen LogP contribution in [-0.2, 0) is 9.59 Å². The zero-order valence-electron chi connectivity index (χ0n) is 11.9. The van der Waals surface area contributed by atoms with E-state index in [1.807, 2.05) is 31.2 Å². The summed E-state index contributed by atoms with van der Waals surface area (Å²) in [4.78, 5) is 24.7. The molecule has 0 aromatic heterocycles. The normalized spacial score (nSPS) is 18.3. The first kappa shape index (κ1) is 15.7. The van der Waals surface area contributed by atoms with Gasteiger partial charge in [0, 0.05) is 18.1 Å². The molecule has 1 aromatic rings. The van der Waals surface area contributed by atoms with Gasteiger partial charge in [0.1, 0.15) is 11.8 Å². The van der Waals surface area contributed by atoms with E-state index in [0.29, 0.717) is 12.3 Å². The third kappa shape index (κ3) is 4.39. The van der Waals surface area contributed by atoms with Gasteiger partial charge in [-0.1, -0.05) is 17.7 Å². The van der Waals surface area contributed by atoms with Crippen LogP contribution in [0.2, 0.25) is 0 Å². The third-order valence-electron chi connectivity index (χ3n) is 3.34. The molecule has 1 aromatic carbocycles. The molecule has 0 aliphatic carbocycles. The molecule has 0 radical (unpaired) electrons. The van der Waals surface area contributed by atoms with Crippen LogP contribution >= 0.6 is 11.8 Å². The molecule has 1 unspecified atom stereocenters. The van der Waals surface area contributed by atoms with Gasteiger partial charge in [-0.15, -0.1) is 0 Å². The van der Waals surface area contributed by atoms with Crippen molar-refractivity contribution < 1.29 is 19.4 Å². The molecular weight excluding hydrogens is 290 g/mol. The molecule has 1 aliphatic rings. The second-order valence-electron chi connectivity index (χ2n) is 4.93. The SMILES string of the molecule is Cc1ccc(OCCC(=O)N2CCSCC2C(=O)O)cc1. The molecular formula is C15H19NO4S. The van der Waals surface area contributed by atoms with Gasteiger partial charge < -0.3 is 14.7 Å². The summed E-state index contributed by atoms with van der Waals surface area (Å²) in [5.41, 5.74) is 1.15. The number of aliphatic carboxylic acids is 1. The smallest absolute Gasteiger partial charge is 0.327 e. The van der Waals surface area contributed by atoms with E-state index >= 15 is 0 Å². The van der Waals surface area contributed by atoms with E-state index in [1.54, 1.807) is 11.8 Å². The quantitative estimate of drug-likeness (QED) is 0.898. The number of aryl methyl sites for hydroxylation is 1.